The van der Waals surface area contributed by atoms with Crippen LogP contribution in [0.1, 0.15) is 38.2 Å². The van der Waals surface area contributed by atoms with E-state index in [1.807, 2.05) is 19.1 Å². The second-order valence-electron chi connectivity index (χ2n) is 5.59. The van der Waals surface area contributed by atoms with Crippen LogP contribution in [0.4, 0.5) is 0 Å². The van der Waals surface area contributed by atoms with E-state index in [0.717, 1.165) is 34.8 Å². The van der Waals surface area contributed by atoms with Crippen LogP contribution in [0, 0.1) is 14.9 Å². The van der Waals surface area contributed by atoms with Crippen molar-refractivity contribution in [1.82, 2.24) is 5.32 Å². The van der Waals surface area contributed by atoms with Crippen molar-refractivity contribution >= 4 is 34.6 Å². The van der Waals surface area contributed by atoms with E-state index in [-0.39, 0.29) is 17.5 Å². The van der Waals surface area contributed by atoms with Gasteiger partial charge in [0.1, 0.15) is 11.6 Å². The molecule has 0 heterocycles. The van der Waals surface area contributed by atoms with Gasteiger partial charge < -0.3 is 14.8 Å². The molecule has 1 N–H and O–H groups in total. The molecule has 0 spiro atoms. The summed E-state index contributed by atoms with van der Waals surface area (Å²) in [6.45, 7) is 2.40. The second-order valence-corrected chi connectivity index (χ2v) is 6.75. The largest absolute Gasteiger partial charge is 0.492 e. The molecule has 1 aromatic rings. The summed E-state index contributed by atoms with van der Waals surface area (Å²) < 4.78 is 11.8. The van der Waals surface area contributed by atoms with Gasteiger partial charge in [0.05, 0.1) is 17.3 Å². The van der Waals surface area contributed by atoms with E-state index in [1.54, 1.807) is 19.3 Å². The molecular weight excluding hydrogens is 419 g/mol. The smallest absolute Gasteiger partial charge is 0.262 e. The van der Waals surface area contributed by atoms with Gasteiger partial charge in [-0.3, -0.25) is 4.79 Å². The lowest BCUT2D eigenvalue weighted by atomic mass is 10.1. The minimum Gasteiger partial charge on any atom is -0.492 e. The first-order valence-electron chi connectivity index (χ1n) is 8.02. The first kappa shape index (κ1) is 18.6. The Labute approximate surface area is 156 Å². The third-order valence-corrected chi connectivity index (χ3v) is 4.70. The summed E-state index contributed by atoms with van der Waals surface area (Å²) in [5, 5.41) is 12.3. The molecule has 1 aromatic carbocycles. The first-order valence-corrected chi connectivity index (χ1v) is 9.09. The number of hydrogen-bond donors (Lipinski definition) is 1. The molecule has 24 heavy (non-hydrogen) atoms. The Morgan fingerprint density at radius 2 is 2.17 bits per heavy atom. The number of halogens is 1. The zero-order valence-corrected chi connectivity index (χ0v) is 16.1. The van der Waals surface area contributed by atoms with E-state index in [9.17, 15) is 10.1 Å². The number of methoxy groups -OCH3 is 1. The molecule has 1 saturated carbocycles. The number of amides is 1. The summed E-state index contributed by atoms with van der Waals surface area (Å²) >= 11 is 2.15. The molecule has 0 bridgehead atoms. The van der Waals surface area contributed by atoms with Gasteiger partial charge in [-0.05, 0) is 66.1 Å². The Bertz CT molecular complexity index is 674. The highest BCUT2D eigenvalue weighted by Gasteiger charge is 2.19. The molecule has 0 radical (unpaired) electrons. The van der Waals surface area contributed by atoms with Crippen molar-refractivity contribution in [3.63, 3.8) is 0 Å². The molecule has 0 saturated heterocycles. The SMILES string of the molecule is CCOc1cc(/C=C(/C#N)C(=O)NC2CCCC2)cc(I)c1OC. The first-order chi connectivity index (χ1) is 11.6. The number of nitrogens with one attached hydrogen (secondary N) is 1. The molecule has 6 heteroatoms. The molecule has 128 valence electrons. The summed E-state index contributed by atoms with van der Waals surface area (Å²) in [4.78, 5) is 12.3. The number of nitrogens with zero attached hydrogens (tertiary/aromatic N) is 1. The summed E-state index contributed by atoms with van der Waals surface area (Å²) in [5.74, 6) is 0.948. The summed E-state index contributed by atoms with van der Waals surface area (Å²) in [5.41, 5.74) is 0.840. The number of carbonyl (C=O) groups is 1. The van der Waals surface area contributed by atoms with Gasteiger partial charge in [0.25, 0.3) is 5.91 Å². The number of carbonyl (C=O) groups excluding carboxylic acids is 1. The predicted molar refractivity (Wildman–Crippen MR) is 101 cm³/mol. The molecule has 0 aromatic heterocycles. The van der Waals surface area contributed by atoms with Crippen LogP contribution in [0.5, 0.6) is 11.5 Å². The van der Waals surface area contributed by atoms with Gasteiger partial charge in [0.15, 0.2) is 11.5 Å². The van der Waals surface area contributed by atoms with E-state index in [0.29, 0.717) is 18.1 Å². The highest BCUT2D eigenvalue weighted by molar-refractivity contribution is 14.1. The molecule has 1 aliphatic carbocycles. The maximum atomic E-state index is 12.3. The van der Waals surface area contributed by atoms with Gasteiger partial charge in [0, 0.05) is 6.04 Å². The quantitative estimate of drug-likeness (QED) is 0.417. The third kappa shape index (κ3) is 4.63. The summed E-state index contributed by atoms with van der Waals surface area (Å²) in [7, 11) is 1.59. The number of hydrogen-bond acceptors (Lipinski definition) is 4. The molecule has 1 amide bonds. The number of benzene rings is 1. The van der Waals surface area contributed by atoms with Gasteiger partial charge in [-0.2, -0.15) is 5.26 Å². The maximum Gasteiger partial charge on any atom is 0.262 e. The standard InChI is InChI=1S/C18H21IN2O3/c1-3-24-16-10-12(9-15(19)17(16)23-2)8-13(11-20)18(22)21-14-6-4-5-7-14/h8-10,14H,3-7H2,1-2H3,(H,21,22)/b13-8-. The van der Waals surface area contributed by atoms with Crippen LogP contribution in [-0.2, 0) is 4.79 Å². The topological polar surface area (TPSA) is 71.3 Å². The van der Waals surface area contributed by atoms with E-state index in [4.69, 9.17) is 9.47 Å². The fourth-order valence-electron chi connectivity index (χ4n) is 2.78. The average molecular weight is 440 g/mol. The fraction of sp³-hybridized carbons (Fsp3) is 0.444. The third-order valence-electron chi connectivity index (χ3n) is 3.90. The monoisotopic (exact) mass is 440 g/mol. The highest BCUT2D eigenvalue weighted by Crippen LogP contribution is 2.34. The Morgan fingerprint density at radius 3 is 2.75 bits per heavy atom. The van der Waals surface area contributed by atoms with Crippen molar-refractivity contribution in [3.8, 4) is 17.6 Å². The molecule has 2 rings (SSSR count). The second kappa shape index (κ2) is 8.92. The van der Waals surface area contributed by atoms with Crippen LogP contribution in [0.15, 0.2) is 17.7 Å². The van der Waals surface area contributed by atoms with Gasteiger partial charge in [-0.1, -0.05) is 12.8 Å². The molecule has 0 unspecified atom stereocenters. The minimum absolute atomic E-state index is 0.102. The molecular formula is C18H21IN2O3. The Balaban J connectivity index is 2.26. The van der Waals surface area contributed by atoms with E-state index in [2.05, 4.69) is 27.9 Å². The molecule has 5 nitrogen and oxygen atoms in total. The maximum absolute atomic E-state index is 12.3. The van der Waals surface area contributed by atoms with Crippen LogP contribution in [-0.4, -0.2) is 25.7 Å². The number of nitriles is 1. The van der Waals surface area contributed by atoms with Crippen LogP contribution < -0.4 is 14.8 Å². The van der Waals surface area contributed by atoms with Crippen molar-refractivity contribution in [2.45, 2.75) is 38.6 Å². The van der Waals surface area contributed by atoms with E-state index >= 15 is 0 Å². The van der Waals surface area contributed by atoms with Crippen LogP contribution in [0.3, 0.4) is 0 Å². The van der Waals surface area contributed by atoms with Gasteiger partial charge in [-0.15, -0.1) is 0 Å². The minimum atomic E-state index is -0.312. The lowest BCUT2D eigenvalue weighted by Gasteiger charge is -2.13. The zero-order chi connectivity index (χ0) is 17.5. The lowest BCUT2D eigenvalue weighted by Crippen LogP contribution is -2.33. The average Bonchev–Trinajstić information content (AvgIpc) is 3.05. The van der Waals surface area contributed by atoms with Crippen molar-refractivity contribution < 1.29 is 14.3 Å². The van der Waals surface area contributed by atoms with Crippen LogP contribution >= 0.6 is 22.6 Å². The fourth-order valence-corrected chi connectivity index (χ4v) is 3.63. The Morgan fingerprint density at radius 1 is 1.46 bits per heavy atom. The highest BCUT2D eigenvalue weighted by atomic mass is 127. The zero-order valence-electron chi connectivity index (χ0n) is 13.9. The Hall–Kier alpha value is -1.75. The molecule has 1 aliphatic rings. The van der Waals surface area contributed by atoms with E-state index in [1.165, 1.54) is 0 Å². The van der Waals surface area contributed by atoms with Gasteiger partial charge in [-0.25, -0.2) is 0 Å². The van der Waals surface area contributed by atoms with Gasteiger partial charge in [0.2, 0.25) is 0 Å². The van der Waals surface area contributed by atoms with Gasteiger partial charge >= 0.3 is 0 Å². The summed E-state index contributed by atoms with van der Waals surface area (Å²) in [6, 6.07) is 5.83. The number of rotatable bonds is 6. The summed E-state index contributed by atoms with van der Waals surface area (Å²) in [6.07, 6.45) is 5.82. The van der Waals surface area contributed by atoms with Crippen LogP contribution in [0.2, 0.25) is 0 Å². The van der Waals surface area contributed by atoms with Crippen molar-refractivity contribution in [1.29, 1.82) is 5.26 Å². The lowest BCUT2D eigenvalue weighted by molar-refractivity contribution is -0.117. The number of ether oxygens (including phenoxy) is 2. The normalized spacial score (nSPS) is 15.0. The predicted octanol–water partition coefficient (Wildman–Crippen LogP) is 3.66. The molecule has 0 aliphatic heterocycles. The molecule has 1 fully saturated rings. The Kier molecular flexibility index (Phi) is 6.91. The van der Waals surface area contributed by atoms with E-state index < -0.39 is 0 Å². The van der Waals surface area contributed by atoms with Crippen molar-refractivity contribution in [3.05, 3.63) is 26.8 Å². The van der Waals surface area contributed by atoms with Crippen LogP contribution in [0.25, 0.3) is 6.08 Å². The van der Waals surface area contributed by atoms with Crippen molar-refractivity contribution in [2.75, 3.05) is 13.7 Å². The molecule has 0 atom stereocenters. The van der Waals surface area contributed by atoms with Crippen molar-refractivity contribution in [2.24, 2.45) is 0 Å².